The minimum atomic E-state index is -1.51. The molecule has 11 heavy (non-hydrogen) atoms. The van der Waals surface area contributed by atoms with Crippen molar-refractivity contribution in [2.75, 3.05) is 6.54 Å². The van der Waals surface area contributed by atoms with Gasteiger partial charge in [-0.2, -0.15) is 0 Å². The van der Waals surface area contributed by atoms with Crippen molar-refractivity contribution in [2.45, 2.75) is 12.6 Å². The van der Waals surface area contributed by atoms with Crippen LogP contribution in [0.25, 0.3) is 0 Å². The van der Waals surface area contributed by atoms with E-state index in [0.717, 1.165) is 0 Å². The zero-order valence-corrected chi connectivity index (χ0v) is 6.29. The molecule has 0 aliphatic heterocycles. The molecular weight excluding hydrogens is 145 g/mol. The molecule has 1 unspecified atom stereocenters. The fraction of sp³-hybridized carbons (Fsp3) is 0.429. The van der Waals surface area contributed by atoms with Gasteiger partial charge in [-0.05, 0) is 6.92 Å². The van der Waals surface area contributed by atoms with E-state index in [4.69, 9.17) is 5.73 Å². The summed E-state index contributed by atoms with van der Waals surface area (Å²) in [4.78, 5) is 7.38. The lowest BCUT2D eigenvalue weighted by Crippen LogP contribution is -2.26. The number of hydrogen-bond donors (Lipinski definition) is 1. The van der Waals surface area contributed by atoms with E-state index in [0.29, 0.717) is 5.56 Å². The molecule has 0 saturated heterocycles. The minimum absolute atomic E-state index is 0.0552. The van der Waals surface area contributed by atoms with Gasteiger partial charge in [-0.15, -0.1) is 0 Å². The fourth-order valence-electron chi connectivity index (χ4n) is 0.686. The number of halogens is 1. The van der Waals surface area contributed by atoms with Crippen LogP contribution < -0.4 is 5.73 Å². The van der Waals surface area contributed by atoms with Crippen LogP contribution in [-0.4, -0.2) is 16.5 Å². The second-order valence-electron chi connectivity index (χ2n) is 2.53. The first-order valence-electron chi connectivity index (χ1n) is 3.31. The molecule has 3 nitrogen and oxygen atoms in total. The molecule has 0 saturated carbocycles. The molecule has 1 aromatic heterocycles. The van der Waals surface area contributed by atoms with Crippen LogP contribution >= 0.6 is 0 Å². The van der Waals surface area contributed by atoms with Gasteiger partial charge < -0.3 is 5.73 Å². The van der Waals surface area contributed by atoms with Crippen molar-refractivity contribution in [1.29, 1.82) is 0 Å². The van der Waals surface area contributed by atoms with Gasteiger partial charge >= 0.3 is 0 Å². The van der Waals surface area contributed by atoms with Gasteiger partial charge in [0.25, 0.3) is 0 Å². The van der Waals surface area contributed by atoms with Crippen molar-refractivity contribution >= 4 is 0 Å². The SMILES string of the molecule is CC(F)(CN)c1cncnc1. The third-order valence-electron chi connectivity index (χ3n) is 1.55. The molecule has 1 atom stereocenters. The Hall–Kier alpha value is -1.03. The average Bonchev–Trinajstić information content (AvgIpc) is 2.06. The Balaban J connectivity index is 2.93. The Kier molecular flexibility index (Phi) is 2.14. The first-order chi connectivity index (χ1) is 5.17. The Morgan fingerprint density at radius 2 is 2.09 bits per heavy atom. The molecule has 0 aromatic carbocycles. The molecule has 2 N–H and O–H groups in total. The summed E-state index contributed by atoms with van der Waals surface area (Å²) in [7, 11) is 0. The van der Waals surface area contributed by atoms with Gasteiger partial charge in [-0.1, -0.05) is 0 Å². The Morgan fingerprint density at radius 3 is 2.55 bits per heavy atom. The van der Waals surface area contributed by atoms with Crippen LogP contribution in [-0.2, 0) is 5.67 Å². The summed E-state index contributed by atoms with van der Waals surface area (Å²) < 4.78 is 13.3. The summed E-state index contributed by atoms with van der Waals surface area (Å²) in [6, 6.07) is 0. The van der Waals surface area contributed by atoms with Crippen molar-refractivity contribution in [3.05, 3.63) is 24.3 Å². The number of nitrogens with two attached hydrogens (primary N) is 1. The van der Waals surface area contributed by atoms with Gasteiger partial charge in [-0.25, -0.2) is 14.4 Å². The monoisotopic (exact) mass is 155 g/mol. The molecule has 1 aromatic rings. The van der Waals surface area contributed by atoms with Crippen molar-refractivity contribution in [3.63, 3.8) is 0 Å². The van der Waals surface area contributed by atoms with Gasteiger partial charge in [0.1, 0.15) is 12.0 Å². The van der Waals surface area contributed by atoms with Crippen molar-refractivity contribution in [3.8, 4) is 0 Å². The van der Waals surface area contributed by atoms with E-state index in [1.54, 1.807) is 0 Å². The smallest absolute Gasteiger partial charge is 0.148 e. The predicted molar refractivity (Wildman–Crippen MR) is 39.5 cm³/mol. The van der Waals surface area contributed by atoms with Gasteiger partial charge in [0.05, 0.1) is 0 Å². The highest BCUT2D eigenvalue weighted by Gasteiger charge is 2.23. The van der Waals surface area contributed by atoms with Crippen molar-refractivity contribution < 1.29 is 4.39 Å². The van der Waals surface area contributed by atoms with Gasteiger partial charge in [0.2, 0.25) is 0 Å². The second kappa shape index (κ2) is 2.92. The maximum absolute atomic E-state index is 13.3. The van der Waals surface area contributed by atoms with Crippen LogP contribution in [0.3, 0.4) is 0 Å². The van der Waals surface area contributed by atoms with Crippen LogP contribution in [0.2, 0.25) is 0 Å². The molecule has 0 radical (unpaired) electrons. The largest absolute Gasteiger partial charge is 0.327 e. The molecule has 0 aliphatic carbocycles. The molecule has 0 fully saturated rings. The highest BCUT2D eigenvalue weighted by atomic mass is 19.1. The van der Waals surface area contributed by atoms with E-state index in [9.17, 15) is 4.39 Å². The third-order valence-corrected chi connectivity index (χ3v) is 1.55. The Bertz CT molecular complexity index is 222. The number of hydrogen-bond acceptors (Lipinski definition) is 3. The van der Waals surface area contributed by atoms with E-state index in [-0.39, 0.29) is 6.54 Å². The number of nitrogens with zero attached hydrogens (tertiary/aromatic N) is 2. The van der Waals surface area contributed by atoms with Crippen LogP contribution in [0.4, 0.5) is 4.39 Å². The van der Waals surface area contributed by atoms with Gasteiger partial charge in [0.15, 0.2) is 0 Å². The summed E-state index contributed by atoms with van der Waals surface area (Å²) >= 11 is 0. The van der Waals surface area contributed by atoms with E-state index in [2.05, 4.69) is 9.97 Å². The van der Waals surface area contributed by atoms with E-state index >= 15 is 0 Å². The second-order valence-corrected chi connectivity index (χ2v) is 2.53. The zero-order valence-electron chi connectivity index (χ0n) is 6.29. The molecule has 4 heteroatoms. The summed E-state index contributed by atoms with van der Waals surface area (Å²) in [5, 5.41) is 0. The maximum Gasteiger partial charge on any atom is 0.148 e. The first kappa shape index (κ1) is 8.07. The molecular formula is C7H10FN3. The van der Waals surface area contributed by atoms with Crippen LogP contribution in [0.1, 0.15) is 12.5 Å². The highest BCUT2D eigenvalue weighted by molar-refractivity contribution is 5.13. The predicted octanol–water partition coefficient (Wildman–Crippen LogP) is 0.620. The lowest BCUT2D eigenvalue weighted by Gasteiger charge is -2.16. The van der Waals surface area contributed by atoms with E-state index < -0.39 is 5.67 Å². The summed E-state index contributed by atoms with van der Waals surface area (Å²) in [5.41, 5.74) is 4.11. The van der Waals surface area contributed by atoms with Crippen molar-refractivity contribution in [2.24, 2.45) is 5.73 Å². The summed E-state index contributed by atoms with van der Waals surface area (Å²) in [6.07, 6.45) is 4.22. The van der Waals surface area contributed by atoms with Crippen LogP contribution in [0.15, 0.2) is 18.7 Å². The fourth-order valence-corrected chi connectivity index (χ4v) is 0.686. The molecule has 60 valence electrons. The van der Waals surface area contributed by atoms with Crippen LogP contribution in [0, 0.1) is 0 Å². The quantitative estimate of drug-likeness (QED) is 0.681. The molecule has 1 heterocycles. The standard InChI is InChI=1S/C7H10FN3/c1-7(8,4-9)6-2-10-5-11-3-6/h2-3,5H,4,9H2,1H3. The number of rotatable bonds is 2. The summed E-state index contributed by atoms with van der Waals surface area (Å²) in [6.45, 7) is 1.35. The molecule has 0 bridgehead atoms. The molecule has 0 amide bonds. The molecule has 1 rings (SSSR count). The minimum Gasteiger partial charge on any atom is -0.327 e. The Morgan fingerprint density at radius 1 is 1.55 bits per heavy atom. The molecule has 0 aliphatic rings. The topological polar surface area (TPSA) is 51.8 Å². The van der Waals surface area contributed by atoms with Gasteiger partial charge in [-0.3, -0.25) is 0 Å². The van der Waals surface area contributed by atoms with E-state index in [1.165, 1.54) is 25.6 Å². The molecule has 0 spiro atoms. The highest BCUT2D eigenvalue weighted by Crippen LogP contribution is 2.21. The zero-order chi connectivity index (χ0) is 8.32. The van der Waals surface area contributed by atoms with Crippen LogP contribution in [0.5, 0.6) is 0 Å². The normalized spacial score (nSPS) is 15.9. The lowest BCUT2D eigenvalue weighted by molar-refractivity contribution is 0.202. The Labute approximate surface area is 64.5 Å². The van der Waals surface area contributed by atoms with Gasteiger partial charge in [0, 0.05) is 24.5 Å². The number of alkyl halides is 1. The average molecular weight is 155 g/mol. The maximum atomic E-state index is 13.3. The van der Waals surface area contributed by atoms with E-state index in [1.807, 2.05) is 0 Å². The third kappa shape index (κ3) is 1.71. The first-order valence-corrected chi connectivity index (χ1v) is 3.31. The number of aromatic nitrogens is 2. The van der Waals surface area contributed by atoms with Crippen molar-refractivity contribution in [1.82, 2.24) is 9.97 Å². The summed E-state index contributed by atoms with van der Waals surface area (Å²) in [5.74, 6) is 0. The lowest BCUT2D eigenvalue weighted by atomic mass is 10.0.